The van der Waals surface area contributed by atoms with Crippen molar-refractivity contribution < 1.29 is 14.3 Å². The Hall–Kier alpha value is -2.93. The van der Waals surface area contributed by atoms with Crippen molar-refractivity contribution in [1.82, 2.24) is 10.2 Å². The fourth-order valence-corrected chi connectivity index (χ4v) is 2.66. The number of thiocarbonyl (C=S) groups is 1. The van der Waals surface area contributed by atoms with Gasteiger partial charge < -0.3 is 15.0 Å². The van der Waals surface area contributed by atoms with Crippen LogP contribution in [0.5, 0.6) is 5.75 Å². The number of rotatable bonds is 6. The summed E-state index contributed by atoms with van der Waals surface area (Å²) in [6.07, 6.45) is 1.07. The third-order valence-corrected chi connectivity index (χ3v) is 4.09. The van der Waals surface area contributed by atoms with Crippen molar-refractivity contribution in [1.29, 1.82) is 0 Å². The fraction of sp³-hybridized carbons (Fsp3) is 0.250. The zero-order valence-corrected chi connectivity index (χ0v) is 16.4. The second-order valence-electron chi connectivity index (χ2n) is 6.10. The molecule has 7 heteroatoms. The Morgan fingerprint density at radius 2 is 1.85 bits per heavy atom. The molecule has 0 bridgehead atoms. The van der Waals surface area contributed by atoms with E-state index in [2.05, 4.69) is 10.6 Å². The van der Waals surface area contributed by atoms with Gasteiger partial charge in [0.1, 0.15) is 5.75 Å². The fourth-order valence-electron chi connectivity index (χ4n) is 2.44. The Morgan fingerprint density at radius 3 is 2.56 bits per heavy atom. The summed E-state index contributed by atoms with van der Waals surface area (Å²) >= 11 is 5.23. The molecule has 0 aliphatic carbocycles. The maximum atomic E-state index is 12.4. The molecule has 0 aliphatic rings. The van der Waals surface area contributed by atoms with Gasteiger partial charge in [-0.2, -0.15) is 0 Å². The quantitative estimate of drug-likeness (QED) is 0.749. The van der Waals surface area contributed by atoms with Gasteiger partial charge in [0.15, 0.2) is 5.11 Å². The van der Waals surface area contributed by atoms with Crippen molar-refractivity contribution in [2.24, 2.45) is 0 Å². The molecule has 142 valence electrons. The Morgan fingerprint density at radius 1 is 1.11 bits per heavy atom. The summed E-state index contributed by atoms with van der Waals surface area (Å²) in [5, 5.41) is 5.83. The van der Waals surface area contributed by atoms with E-state index in [0.717, 1.165) is 11.3 Å². The third-order valence-electron chi connectivity index (χ3n) is 3.89. The summed E-state index contributed by atoms with van der Waals surface area (Å²) in [4.78, 5) is 25.7. The second kappa shape index (κ2) is 9.68. The molecule has 0 radical (unpaired) electrons. The number of benzene rings is 2. The summed E-state index contributed by atoms with van der Waals surface area (Å²) in [5.41, 5.74) is 2.16. The first-order valence-electron chi connectivity index (χ1n) is 8.45. The number of carbonyl (C=O) groups excluding carboxylic acids is 2. The molecule has 2 rings (SSSR count). The van der Waals surface area contributed by atoms with Crippen molar-refractivity contribution in [2.45, 2.75) is 12.8 Å². The highest BCUT2D eigenvalue weighted by Gasteiger charge is 2.13. The number of carbonyl (C=O) groups is 2. The van der Waals surface area contributed by atoms with Gasteiger partial charge in [0.05, 0.1) is 12.7 Å². The molecule has 0 saturated heterocycles. The monoisotopic (exact) mass is 385 g/mol. The molecule has 0 fully saturated rings. The van der Waals surface area contributed by atoms with Crippen LogP contribution in [0.1, 0.15) is 22.3 Å². The van der Waals surface area contributed by atoms with E-state index in [1.807, 2.05) is 24.3 Å². The van der Waals surface area contributed by atoms with Crippen LogP contribution in [-0.4, -0.2) is 43.0 Å². The van der Waals surface area contributed by atoms with Gasteiger partial charge in [-0.25, -0.2) is 0 Å². The highest BCUT2D eigenvalue weighted by molar-refractivity contribution is 7.80. The molecule has 27 heavy (non-hydrogen) atoms. The number of hydrogen-bond donors (Lipinski definition) is 2. The molecular weight excluding hydrogens is 362 g/mol. The van der Waals surface area contributed by atoms with Gasteiger partial charge in [0.2, 0.25) is 5.91 Å². The van der Waals surface area contributed by atoms with Crippen LogP contribution >= 0.6 is 12.2 Å². The lowest BCUT2D eigenvalue weighted by Gasteiger charge is -2.13. The molecule has 2 aromatic carbocycles. The van der Waals surface area contributed by atoms with Crippen LogP contribution in [-0.2, 0) is 11.2 Å². The maximum Gasteiger partial charge on any atom is 0.261 e. The molecule has 2 aromatic rings. The van der Waals surface area contributed by atoms with Gasteiger partial charge >= 0.3 is 0 Å². The lowest BCUT2D eigenvalue weighted by molar-refractivity contribution is -0.128. The number of nitrogens with zero attached hydrogens (tertiary/aromatic N) is 1. The van der Waals surface area contributed by atoms with Crippen molar-refractivity contribution in [2.75, 3.05) is 26.5 Å². The molecule has 2 amide bonds. The lowest BCUT2D eigenvalue weighted by Crippen LogP contribution is -2.34. The summed E-state index contributed by atoms with van der Waals surface area (Å²) in [6, 6.07) is 14.5. The van der Waals surface area contributed by atoms with Gasteiger partial charge in [0.25, 0.3) is 5.91 Å². The molecule has 0 saturated carbocycles. The normalized spacial score (nSPS) is 10.0. The average molecular weight is 385 g/mol. The van der Waals surface area contributed by atoms with Gasteiger partial charge in [-0.05, 0) is 48.5 Å². The van der Waals surface area contributed by atoms with Crippen molar-refractivity contribution in [3.8, 4) is 5.75 Å². The first-order valence-corrected chi connectivity index (χ1v) is 8.86. The Labute approximate surface area is 164 Å². The van der Waals surface area contributed by atoms with Crippen LogP contribution in [0.3, 0.4) is 0 Å². The lowest BCUT2D eigenvalue weighted by atomic mass is 10.1. The zero-order chi connectivity index (χ0) is 19.8. The van der Waals surface area contributed by atoms with Gasteiger partial charge in [-0.1, -0.05) is 24.3 Å². The minimum Gasteiger partial charge on any atom is -0.496 e. The van der Waals surface area contributed by atoms with E-state index in [1.54, 1.807) is 43.3 Å². The standard InChI is InChI=1S/C20H23N3O3S/c1-23(2)18(24)12-11-14-7-6-8-15(13-14)21-20(27)22-19(25)16-9-4-5-10-17(16)26-3/h4-10,13H,11-12H2,1-3H3,(H2,21,22,25,27). The summed E-state index contributed by atoms with van der Waals surface area (Å²) in [6.45, 7) is 0. The SMILES string of the molecule is COc1ccccc1C(=O)NC(=S)Nc1cccc(CCC(=O)N(C)C)c1. The maximum absolute atomic E-state index is 12.4. The first-order chi connectivity index (χ1) is 12.9. The minimum atomic E-state index is -0.349. The number of ether oxygens (including phenoxy) is 1. The molecule has 2 N–H and O–H groups in total. The highest BCUT2D eigenvalue weighted by Crippen LogP contribution is 2.17. The number of amides is 2. The summed E-state index contributed by atoms with van der Waals surface area (Å²) in [5.74, 6) is 0.205. The topological polar surface area (TPSA) is 70.7 Å². The van der Waals surface area contributed by atoms with E-state index in [0.29, 0.717) is 24.2 Å². The van der Waals surface area contributed by atoms with Crippen LogP contribution in [0.4, 0.5) is 5.69 Å². The smallest absolute Gasteiger partial charge is 0.261 e. The Balaban J connectivity index is 1.96. The van der Waals surface area contributed by atoms with E-state index in [-0.39, 0.29) is 16.9 Å². The van der Waals surface area contributed by atoms with E-state index < -0.39 is 0 Å². The van der Waals surface area contributed by atoms with E-state index in [1.165, 1.54) is 7.11 Å². The van der Waals surface area contributed by atoms with Crippen LogP contribution in [0.2, 0.25) is 0 Å². The van der Waals surface area contributed by atoms with Crippen LogP contribution < -0.4 is 15.4 Å². The van der Waals surface area contributed by atoms with Crippen LogP contribution in [0.15, 0.2) is 48.5 Å². The average Bonchev–Trinajstić information content (AvgIpc) is 2.66. The molecule has 6 nitrogen and oxygen atoms in total. The van der Waals surface area contributed by atoms with E-state index in [9.17, 15) is 9.59 Å². The number of aryl methyl sites for hydroxylation is 1. The summed E-state index contributed by atoms with van der Waals surface area (Å²) < 4.78 is 5.19. The van der Waals surface area contributed by atoms with Crippen molar-refractivity contribution in [3.05, 3.63) is 59.7 Å². The van der Waals surface area contributed by atoms with Crippen LogP contribution in [0, 0.1) is 0 Å². The molecule has 0 aromatic heterocycles. The highest BCUT2D eigenvalue weighted by atomic mass is 32.1. The van der Waals surface area contributed by atoms with Crippen LogP contribution in [0.25, 0.3) is 0 Å². The van der Waals surface area contributed by atoms with Gasteiger partial charge in [-0.3, -0.25) is 14.9 Å². The molecule has 0 spiro atoms. The first kappa shape index (κ1) is 20.4. The Kier molecular flexibility index (Phi) is 7.31. The van der Waals surface area contributed by atoms with Gasteiger partial charge in [0, 0.05) is 26.2 Å². The van der Waals surface area contributed by atoms with E-state index >= 15 is 0 Å². The number of anilines is 1. The van der Waals surface area contributed by atoms with Gasteiger partial charge in [-0.15, -0.1) is 0 Å². The molecule has 0 aliphatic heterocycles. The Bertz CT molecular complexity index is 837. The molecule has 0 atom stereocenters. The van der Waals surface area contributed by atoms with Crippen molar-refractivity contribution >= 4 is 34.8 Å². The number of hydrogen-bond acceptors (Lipinski definition) is 4. The summed E-state index contributed by atoms with van der Waals surface area (Å²) in [7, 11) is 4.99. The molecular formula is C20H23N3O3S. The minimum absolute atomic E-state index is 0.0768. The second-order valence-corrected chi connectivity index (χ2v) is 6.51. The zero-order valence-electron chi connectivity index (χ0n) is 15.6. The number of nitrogens with one attached hydrogen (secondary N) is 2. The number of methoxy groups -OCH3 is 1. The molecule has 0 unspecified atom stereocenters. The third kappa shape index (κ3) is 6.07. The largest absolute Gasteiger partial charge is 0.496 e. The van der Waals surface area contributed by atoms with E-state index in [4.69, 9.17) is 17.0 Å². The molecule has 0 heterocycles. The van der Waals surface area contributed by atoms with Crippen molar-refractivity contribution in [3.63, 3.8) is 0 Å². The predicted molar refractivity (Wildman–Crippen MR) is 110 cm³/mol. The predicted octanol–water partition coefficient (Wildman–Crippen LogP) is 2.84. The number of para-hydroxylation sites is 1.